The molecule has 2 N–H and O–H groups in total. The lowest BCUT2D eigenvalue weighted by Crippen LogP contribution is -2.49. The predicted octanol–water partition coefficient (Wildman–Crippen LogP) is 2.96. The maximum atomic E-state index is 13.8. The average molecular weight is 488 g/mol. The van der Waals surface area contributed by atoms with Crippen LogP contribution in [0.2, 0.25) is 0 Å². The van der Waals surface area contributed by atoms with Gasteiger partial charge in [0.1, 0.15) is 11.6 Å². The molecule has 1 aromatic carbocycles. The number of carbonyl (C=O) groups excluding carboxylic acids is 2. The minimum atomic E-state index is -0.623. The Balaban J connectivity index is 1.15. The van der Waals surface area contributed by atoms with Gasteiger partial charge in [0, 0.05) is 44.1 Å². The summed E-state index contributed by atoms with van der Waals surface area (Å²) in [6, 6.07) is 12.8. The molecule has 36 heavy (non-hydrogen) atoms. The maximum absolute atomic E-state index is 13.8. The zero-order valence-electron chi connectivity index (χ0n) is 19.0. The van der Waals surface area contributed by atoms with Gasteiger partial charge in [-0.15, -0.1) is 5.10 Å². The number of halogens is 1. The first-order valence-electron chi connectivity index (χ1n) is 11.1. The number of hydrogen-bond donors (Lipinski definition) is 2. The van der Waals surface area contributed by atoms with Crippen LogP contribution in [-0.4, -0.2) is 63.1 Å². The molecule has 4 aromatic rings. The number of piperazine rings is 1. The van der Waals surface area contributed by atoms with Crippen LogP contribution in [0.15, 0.2) is 71.5 Å². The zero-order valence-corrected chi connectivity index (χ0v) is 19.0. The van der Waals surface area contributed by atoms with E-state index >= 15 is 0 Å². The number of benzene rings is 1. The number of rotatable bonds is 6. The molecule has 0 unspecified atom stereocenters. The molecule has 0 radical (unpaired) electrons. The van der Waals surface area contributed by atoms with Crippen molar-refractivity contribution in [2.45, 2.75) is 0 Å². The van der Waals surface area contributed by atoms with Gasteiger partial charge in [0.25, 0.3) is 5.91 Å². The third kappa shape index (κ3) is 5.12. The maximum Gasteiger partial charge on any atom is 0.320 e. The van der Waals surface area contributed by atoms with E-state index in [1.807, 2.05) is 0 Å². The molecule has 5 rings (SSSR count). The number of amides is 2. The number of pyridine rings is 2. The first kappa shape index (κ1) is 22.9. The third-order valence-electron chi connectivity index (χ3n) is 5.56. The van der Waals surface area contributed by atoms with Crippen molar-refractivity contribution in [2.24, 2.45) is 0 Å². The molecule has 0 saturated carbocycles. The first-order valence-corrected chi connectivity index (χ1v) is 11.1. The predicted molar refractivity (Wildman–Crippen MR) is 129 cm³/mol. The van der Waals surface area contributed by atoms with Gasteiger partial charge in [0.05, 0.1) is 17.6 Å². The van der Waals surface area contributed by atoms with Crippen LogP contribution in [0.5, 0.6) is 0 Å². The topological polar surface area (TPSA) is 129 Å². The highest BCUT2D eigenvalue weighted by Gasteiger charge is 2.23. The summed E-state index contributed by atoms with van der Waals surface area (Å²) in [6.45, 7) is 2.41. The Kier molecular flexibility index (Phi) is 6.47. The van der Waals surface area contributed by atoms with Gasteiger partial charge in [-0.3, -0.25) is 14.6 Å². The summed E-state index contributed by atoms with van der Waals surface area (Å²) in [5, 5.41) is 12.7. The SMILES string of the molecule is O=C(Nc1ccc(N2CCN(C(=O)c3ccncc3)CC2)nc1)c1nnc(Nc2ccccc2F)o1. The molecule has 12 heteroatoms. The van der Waals surface area contributed by atoms with Crippen LogP contribution >= 0.6 is 0 Å². The van der Waals surface area contributed by atoms with Crippen LogP contribution < -0.4 is 15.5 Å². The number of nitrogens with zero attached hydrogens (tertiary/aromatic N) is 6. The molecule has 1 fully saturated rings. The summed E-state index contributed by atoms with van der Waals surface area (Å²) in [4.78, 5) is 37.3. The van der Waals surface area contributed by atoms with Gasteiger partial charge in [-0.2, -0.15) is 0 Å². The van der Waals surface area contributed by atoms with Crippen LogP contribution in [0.3, 0.4) is 0 Å². The fourth-order valence-electron chi connectivity index (χ4n) is 3.69. The molecule has 1 aliphatic rings. The number of para-hydroxylation sites is 1. The number of anilines is 4. The molecule has 0 spiro atoms. The molecule has 3 aromatic heterocycles. The molecular formula is C24H21FN8O3. The van der Waals surface area contributed by atoms with E-state index in [1.165, 1.54) is 18.3 Å². The Morgan fingerprint density at radius 1 is 0.944 bits per heavy atom. The van der Waals surface area contributed by atoms with E-state index < -0.39 is 11.7 Å². The smallest absolute Gasteiger partial charge is 0.320 e. The summed E-state index contributed by atoms with van der Waals surface area (Å²) in [5.41, 5.74) is 1.21. The second kappa shape index (κ2) is 10.2. The lowest BCUT2D eigenvalue weighted by Gasteiger charge is -2.35. The highest BCUT2D eigenvalue weighted by atomic mass is 19.1. The largest absolute Gasteiger partial charge is 0.399 e. The highest BCUT2D eigenvalue weighted by Crippen LogP contribution is 2.20. The van der Waals surface area contributed by atoms with E-state index in [4.69, 9.17) is 4.42 Å². The molecular weight excluding hydrogens is 467 g/mol. The molecule has 4 heterocycles. The van der Waals surface area contributed by atoms with Gasteiger partial charge >= 0.3 is 17.8 Å². The normalized spacial score (nSPS) is 13.4. The van der Waals surface area contributed by atoms with E-state index in [0.717, 1.165) is 5.82 Å². The summed E-state index contributed by atoms with van der Waals surface area (Å²) < 4.78 is 19.0. The molecule has 11 nitrogen and oxygen atoms in total. The molecule has 2 amide bonds. The van der Waals surface area contributed by atoms with Crippen molar-refractivity contribution in [1.29, 1.82) is 0 Å². The molecule has 0 bridgehead atoms. The van der Waals surface area contributed by atoms with Crippen molar-refractivity contribution in [1.82, 2.24) is 25.1 Å². The number of carbonyl (C=O) groups is 2. The quantitative estimate of drug-likeness (QED) is 0.421. The van der Waals surface area contributed by atoms with Gasteiger partial charge in [0.15, 0.2) is 0 Å². The van der Waals surface area contributed by atoms with Crippen molar-refractivity contribution in [3.63, 3.8) is 0 Å². The van der Waals surface area contributed by atoms with Gasteiger partial charge in [0.2, 0.25) is 0 Å². The summed E-state index contributed by atoms with van der Waals surface area (Å²) in [7, 11) is 0. The van der Waals surface area contributed by atoms with Gasteiger partial charge in [-0.25, -0.2) is 9.37 Å². The summed E-state index contributed by atoms with van der Waals surface area (Å²) >= 11 is 0. The van der Waals surface area contributed by atoms with Gasteiger partial charge < -0.3 is 24.9 Å². The molecule has 1 saturated heterocycles. The van der Waals surface area contributed by atoms with Crippen molar-refractivity contribution in [3.8, 4) is 0 Å². The van der Waals surface area contributed by atoms with Crippen LogP contribution in [0.25, 0.3) is 0 Å². The summed E-state index contributed by atoms with van der Waals surface area (Å²) in [5.74, 6) is -0.682. The Labute approximate surface area is 205 Å². The van der Waals surface area contributed by atoms with E-state index in [0.29, 0.717) is 37.4 Å². The van der Waals surface area contributed by atoms with Crippen molar-refractivity contribution < 1.29 is 18.4 Å². The Morgan fingerprint density at radius 2 is 1.72 bits per heavy atom. The fourth-order valence-corrected chi connectivity index (χ4v) is 3.69. The lowest BCUT2D eigenvalue weighted by atomic mass is 10.2. The molecule has 0 aliphatic carbocycles. The fraction of sp³-hybridized carbons (Fsp3) is 0.167. The van der Waals surface area contributed by atoms with Gasteiger partial charge in [-0.05, 0) is 36.4 Å². The monoisotopic (exact) mass is 488 g/mol. The highest BCUT2D eigenvalue weighted by molar-refractivity contribution is 6.00. The lowest BCUT2D eigenvalue weighted by molar-refractivity contribution is 0.0746. The minimum Gasteiger partial charge on any atom is -0.399 e. The Bertz CT molecular complexity index is 1360. The van der Waals surface area contributed by atoms with E-state index in [9.17, 15) is 14.0 Å². The molecule has 182 valence electrons. The third-order valence-corrected chi connectivity index (χ3v) is 5.56. The minimum absolute atomic E-state index is 0.0173. The second-order valence-corrected chi connectivity index (χ2v) is 7.89. The van der Waals surface area contributed by atoms with E-state index in [-0.39, 0.29) is 23.5 Å². The van der Waals surface area contributed by atoms with Crippen LogP contribution in [-0.2, 0) is 0 Å². The second-order valence-electron chi connectivity index (χ2n) is 7.89. The Morgan fingerprint density at radius 3 is 2.44 bits per heavy atom. The zero-order chi connectivity index (χ0) is 24.9. The standard InChI is InChI=1S/C24H21FN8O3/c25-18-3-1-2-4-19(18)29-24-31-30-22(36-24)21(34)28-17-5-6-20(27-15-17)32-11-13-33(14-12-32)23(35)16-7-9-26-10-8-16/h1-10,15H,11-14H2,(H,28,34)(H,29,31). The molecule has 1 aliphatic heterocycles. The number of hydrogen-bond acceptors (Lipinski definition) is 9. The van der Waals surface area contributed by atoms with Crippen molar-refractivity contribution in [3.05, 3.63) is 84.4 Å². The van der Waals surface area contributed by atoms with E-state index in [1.54, 1.807) is 53.7 Å². The van der Waals surface area contributed by atoms with Gasteiger partial charge in [-0.1, -0.05) is 17.2 Å². The Hall–Kier alpha value is -4.87. The van der Waals surface area contributed by atoms with Crippen LogP contribution in [0.4, 0.5) is 27.6 Å². The number of aromatic nitrogens is 4. The first-order chi connectivity index (χ1) is 17.6. The molecule has 0 atom stereocenters. The van der Waals surface area contributed by atoms with Crippen LogP contribution in [0, 0.1) is 5.82 Å². The van der Waals surface area contributed by atoms with Crippen LogP contribution in [0.1, 0.15) is 21.0 Å². The number of nitrogens with one attached hydrogen (secondary N) is 2. The van der Waals surface area contributed by atoms with E-state index in [2.05, 4.69) is 35.7 Å². The van der Waals surface area contributed by atoms with Crippen molar-refractivity contribution >= 4 is 35.0 Å². The summed E-state index contributed by atoms with van der Waals surface area (Å²) in [6.07, 6.45) is 4.73. The average Bonchev–Trinajstić information content (AvgIpc) is 3.39. The van der Waals surface area contributed by atoms with Crippen molar-refractivity contribution in [2.75, 3.05) is 41.7 Å².